The molecule has 70 valence electrons. The van der Waals surface area contributed by atoms with Crippen molar-refractivity contribution < 1.29 is 4.79 Å². The maximum absolute atomic E-state index is 11.6. The van der Waals surface area contributed by atoms with Crippen LogP contribution >= 0.6 is 11.3 Å². The van der Waals surface area contributed by atoms with Crippen LogP contribution < -0.4 is 5.32 Å². The van der Waals surface area contributed by atoms with Gasteiger partial charge in [-0.1, -0.05) is 6.92 Å². The Kier molecular flexibility index (Phi) is 2.36. The van der Waals surface area contributed by atoms with Crippen LogP contribution in [0.3, 0.4) is 0 Å². The topological polar surface area (TPSA) is 29.1 Å². The quantitative estimate of drug-likeness (QED) is 0.787. The lowest BCUT2D eigenvalue weighted by Gasteiger charge is -2.02. The van der Waals surface area contributed by atoms with E-state index >= 15 is 0 Å². The first-order valence-electron chi connectivity index (χ1n) is 4.68. The van der Waals surface area contributed by atoms with Gasteiger partial charge >= 0.3 is 0 Å². The van der Waals surface area contributed by atoms with Crippen LogP contribution in [0.5, 0.6) is 0 Å². The monoisotopic (exact) mass is 195 g/mol. The molecule has 1 aliphatic carbocycles. The van der Waals surface area contributed by atoms with Crippen LogP contribution in [0.1, 0.15) is 35.0 Å². The van der Waals surface area contributed by atoms with Crippen molar-refractivity contribution in [1.82, 2.24) is 5.32 Å². The Labute approximate surface area is 82.0 Å². The number of rotatable bonds is 3. The zero-order valence-electron chi connectivity index (χ0n) is 7.67. The number of hydrogen-bond donors (Lipinski definition) is 1. The highest BCUT2D eigenvalue weighted by atomic mass is 32.1. The summed E-state index contributed by atoms with van der Waals surface area (Å²) in [6.45, 7) is 2.08. The average molecular weight is 195 g/mol. The molecule has 1 amide bonds. The lowest BCUT2D eigenvalue weighted by molar-refractivity contribution is 0.0954. The van der Waals surface area contributed by atoms with Crippen LogP contribution in [0.2, 0.25) is 0 Å². The minimum absolute atomic E-state index is 0.120. The third-order valence-corrected chi connectivity index (χ3v) is 3.20. The van der Waals surface area contributed by atoms with Gasteiger partial charge in [0.1, 0.15) is 0 Å². The molecule has 0 unspecified atom stereocenters. The van der Waals surface area contributed by atoms with Gasteiger partial charge in [0.15, 0.2) is 0 Å². The van der Waals surface area contributed by atoms with Crippen LogP contribution in [0.15, 0.2) is 11.4 Å². The van der Waals surface area contributed by atoms with Gasteiger partial charge in [-0.15, -0.1) is 11.3 Å². The van der Waals surface area contributed by atoms with Gasteiger partial charge in [-0.25, -0.2) is 0 Å². The number of carbonyl (C=O) groups excluding carboxylic acids is 1. The van der Waals surface area contributed by atoms with E-state index in [0.29, 0.717) is 6.04 Å². The van der Waals surface area contributed by atoms with E-state index in [4.69, 9.17) is 0 Å². The Balaban J connectivity index is 2.08. The molecule has 1 N–H and O–H groups in total. The molecule has 1 saturated carbocycles. The second kappa shape index (κ2) is 3.50. The normalized spacial score (nSPS) is 15.8. The van der Waals surface area contributed by atoms with Gasteiger partial charge < -0.3 is 5.32 Å². The molecule has 1 aromatic heterocycles. The third-order valence-electron chi connectivity index (χ3n) is 2.25. The molecule has 13 heavy (non-hydrogen) atoms. The summed E-state index contributed by atoms with van der Waals surface area (Å²) in [6.07, 6.45) is 3.24. The summed E-state index contributed by atoms with van der Waals surface area (Å²) in [7, 11) is 0. The molecule has 2 nitrogen and oxygen atoms in total. The highest BCUT2D eigenvalue weighted by molar-refractivity contribution is 7.12. The molecule has 1 aliphatic rings. The summed E-state index contributed by atoms with van der Waals surface area (Å²) < 4.78 is 0. The maximum Gasteiger partial charge on any atom is 0.261 e. The van der Waals surface area contributed by atoms with E-state index in [-0.39, 0.29) is 5.91 Å². The Morgan fingerprint density at radius 1 is 1.69 bits per heavy atom. The van der Waals surface area contributed by atoms with Crippen molar-refractivity contribution in [2.45, 2.75) is 32.2 Å². The Hall–Kier alpha value is -0.830. The number of nitrogens with one attached hydrogen (secondary N) is 1. The van der Waals surface area contributed by atoms with E-state index in [9.17, 15) is 4.79 Å². The van der Waals surface area contributed by atoms with Crippen molar-refractivity contribution in [3.8, 4) is 0 Å². The van der Waals surface area contributed by atoms with E-state index < -0.39 is 0 Å². The number of aryl methyl sites for hydroxylation is 1. The van der Waals surface area contributed by atoms with Gasteiger partial charge in [0.25, 0.3) is 5.91 Å². The van der Waals surface area contributed by atoms with E-state index in [1.807, 2.05) is 11.4 Å². The number of carbonyl (C=O) groups is 1. The first-order valence-corrected chi connectivity index (χ1v) is 5.56. The molecule has 1 heterocycles. The minimum atomic E-state index is 0.120. The van der Waals surface area contributed by atoms with Gasteiger partial charge in [0.05, 0.1) is 4.88 Å². The Morgan fingerprint density at radius 2 is 2.46 bits per heavy atom. The van der Waals surface area contributed by atoms with Crippen LogP contribution in [0.4, 0.5) is 0 Å². The fourth-order valence-electron chi connectivity index (χ4n) is 1.29. The lowest BCUT2D eigenvalue weighted by atomic mass is 10.2. The van der Waals surface area contributed by atoms with Crippen molar-refractivity contribution in [1.29, 1.82) is 0 Å². The number of amides is 1. The lowest BCUT2D eigenvalue weighted by Crippen LogP contribution is -2.25. The molecule has 0 aliphatic heterocycles. The van der Waals surface area contributed by atoms with Crippen LogP contribution in [0, 0.1) is 0 Å². The first-order chi connectivity index (χ1) is 6.31. The van der Waals surface area contributed by atoms with Crippen molar-refractivity contribution in [3.63, 3.8) is 0 Å². The van der Waals surface area contributed by atoms with Crippen LogP contribution in [0.25, 0.3) is 0 Å². The third kappa shape index (κ3) is 1.91. The highest BCUT2D eigenvalue weighted by Gasteiger charge is 2.24. The van der Waals surface area contributed by atoms with Crippen molar-refractivity contribution in [2.24, 2.45) is 0 Å². The number of hydrogen-bond acceptors (Lipinski definition) is 2. The predicted octanol–water partition coefficient (Wildman–Crippen LogP) is 2.20. The van der Waals surface area contributed by atoms with Crippen molar-refractivity contribution in [3.05, 3.63) is 21.9 Å². The van der Waals surface area contributed by atoms with E-state index in [1.54, 1.807) is 0 Å². The zero-order chi connectivity index (χ0) is 9.26. The Morgan fingerprint density at radius 3 is 3.08 bits per heavy atom. The first kappa shape index (κ1) is 8.75. The minimum Gasteiger partial charge on any atom is -0.349 e. The predicted molar refractivity (Wildman–Crippen MR) is 54.2 cm³/mol. The molecule has 0 radical (unpaired) electrons. The molecular weight excluding hydrogens is 182 g/mol. The molecule has 2 rings (SSSR count). The van der Waals surface area contributed by atoms with E-state index in [2.05, 4.69) is 12.2 Å². The van der Waals surface area contributed by atoms with Gasteiger partial charge in [-0.3, -0.25) is 4.79 Å². The fraction of sp³-hybridized carbons (Fsp3) is 0.500. The number of thiophene rings is 1. The van der Waals surface area contributed by atoms with Crippen molar-refractivity contribution >= 4 is 17.2 Å². The molecular formula is C10H13NOS. The van der Waals surface area contributed by atoms with E-state index in [1.165, 1.54) is 16.9 Å². The molecule has 0 saturated heterocycles. The summed E-state index contributed by atoms with van der Waals surface area (Å²) >= 11 is 1.54. The van der Waals surface area contributed by atoms with Gasteiger partial charge in [-0.05, 0) is 36.3 Å². The average Bonchev–Trinajstić information content (AvgIpc) is 2.82. The molecule has 3 heteroatoms. The standard InChI is InChI=1S/C10H13NOS/c1-2-7-5-6-13-9(7)10(12)11-8-3-4-8/h5-6,8H,2-4H2,1H3,(H,11,12). The molecule has 0 spiro atoms. The molecule has 1 fully saturated rings. The molecule has 1 aromatic rings. The summed E-state index contributed by atoms with van der Waals surface area (Å²) in [5.41, 5.74) is 1.17. The molecule has 0 bridgehead atoms. The van der Waals surface area contributed by atoms with Gasteiger partial charge in [-0.2, -0.15) is 0 Å². The SMILES string of the molecule is CCc1ccsc1C(=O)NC1CC1. The summed E-state index contributed by atoms with van der Waals surface area (Å²) in [5, 5.41) is 4.99. The summed E-state index contributed by atoms with van der Waals surface area (Å²) in [5.74, 6) is 0.120. The Bertz CT molecular complexity index is 314. The van der Waals surface area contributed by atoms with Crippen LogP contribution in [-0.4, -0.2) is 11.9 Å². The fourth-order valence-corrected chi connectivity index (χ4v) is 2.19. The van der Waals surface area contributed by atoms with E-state index in [0.717, 1.165) is 24.1 Å². The summed E-state index contributed by atoms with van der Waals surface area (Å²) in [6, 6.07) is 2.49. The highest BCUT2D eigenvalue weighted by Crippen LogP contribution is 2.22. The second-order valence-corrected chi connectivity index (χ2v) is 4.29. The molecule has 0 aromatic carbocycles. The second-order valence-electron chi connectivity index (χ2n) is 3.38. The van der Waals surface area contributed by atoms with Crippen LogP contribution in [-0.2, 0) is 6.42 Å². The van der Waals surface area contributed by atoms with Gasteiger partial charge in [0.2, 0.25) is 0 Å². The smallest absolute Gasteiger partial charge is 0.261 e. The largest absolute Gasteiger partial charge is 0.349 e. The summed E-state index contributed by atoms with van der Waals surface area (Å²) in [4.78, 5) is 12.5. The maximum atomic E-state index is 11.6. The van der Waals surface area contributed by atoms with Crippen molar-refractivity contribution in [2.75, 3.05) is 0 Å². The van der Waals surface area contributed by atoms with Gasteiger partial charge in [0, 0.05) is 6.04 Å². The zero-order valence-corrected chi connectivity index (χ0v) is 8.49. The molecule has 0 atom stereocenters.